The van der Waals surface area contributed by atoms with Gasteiger partial charge in [0.05, 0.1) is 0 Å². The Morgan fingerprint density at radius 3 is 0.744 bits per heavy atom. The van der Waals surface area contributed by atoms with E-state index in [2.05, 4.69) is 142 Å². The smallest absolute Gasteiger partial charge is 0.306 e. The number of ether oxygens (including phenoxy) is 3. The SMILES string of the molecule is CC/C=C\C/C=C\C/C=C\C/C=C\C/C=C\C/C=C\CCCCCCCCCCC(=O)OC(COC(=O)CCCCCCCC)COC(=O)CCCCCCCCCCCCCCCCCCCC/C=C\C/C=C\C/C=C\C/C=C\CC. The van der Waals surface area contributed by atoms with Gasteiger partial charge >= 0.3 is 17.9 Å². The summed E-state index contributed by atoms with van der Waals surface area (Å²) >= 11 is 0. The van der Waals surface area contributed by atoms with Crippen molar-refractivity contribution in [2.45, 2.75) is 329 Å². The van der Waals surface area contributed by atoms with Crippen LogP contribution >= 0.6 is 0 Å². The zero-order valence-electron chi connectivity index (χ0n) is 53.7. The highest BCUT2D eigenvalue weighted by atomic mass is 16.6. The number of carbonyl (C=O) groups is 3. The molecule has 6 nitrogen and oxygen atoms in total. The van der Waals surface area contributed by atoms with Gasteiger partial charge in [-0.2, -0.15) is 0 Å². The molecule has 0 aromatic rings. The molecule has 0 rings (SSSR count). The molecule has 0 aliphatic carbocycles. The Labute approximate surface area is 507 Å². The first-order chi connectivity index (χ1) is 40.5. The second kappa shape index (κ2) is 69.3. The first-order valence-corrected chi connectivity index (χ1v) is 34.5. The van der Waals surface area contributed by atoms with Crippen molar-refractivity contribution in [1.29, 1.82) is 0 Å². The van der Waals surface area contributed by atoms with Crippen LogP contribution in [0.2, 0.25) is 0 Å². The zero-order chi connectivity index (χ0) is 59.2. The summed E-state index contributed by atoms with van der Waals surface area (Å²) in [5, 5.41) is 0. The normalized spacial score (nSPS) is 12.9. The Morgan fingerprint density at radius 2 is 0.476 bits per heavy atom. The molecule has 0 fully saturated rings. The molecule has 0 aromatic heterocycles. The maximum absolute atomic E-state index is 12.9. The summed E-state index contributed by atoms with van der Waals surface area (Å²) in [6, 6.07) is 0. The minimum atomic E-state index is -0.781. The standard InChI is InChI=1S/C76H128O6/c1-4-7-10-13-16-18-20-22-24-26-28-30-32-34-36-37-38-39-41-42-44-46-48-50-52-54-56-58-60-63-66-69-75(78)81-72-73(71-80-74(77)68-65-62-15-12-9-6-3)82-76(79)70-67-64-61-59-57-55-53-51-49-47-45-43-40-35-33-31-29-27-25-23-21-19-17-14-11-8-5-2/h7-8,10-11,16-19,22-25,28-31,35,40,45,47,73H,4-6,9,12-15,20-21,26-27,32-34,36-39,41-44,46,48-72H2,1-3H3/b10-7-,11-8-,18-16-,19-17-,24-22-,25-23-,30-28-,31-29-,40-35-,47-45-. The summed E-state index contributed by atoms with van der Waals surface area (Å²) in [6.45, 7) is 6.37. The lowest BCUT2D eigenvalue weighted by Gasteiger charge is -2.18. The molecule has 0 amide bonds. The van der Waals surface area contributed by atoms with Gasteiger partial charge in [-0.3, -0.25) is 14.4 Å². The summed E-state index contributed by atoms with van der Waals surface area (Å²) in [7, 11) is 0. The number of unbranched alkanes of at least 4 members (excludes halogenated alkanes) is 31. The number of esters is 3. The van der Waals surface area contributed by atoms with Crippen molar-refractivity contribution in [3.63, 3.8) is 0 Å². The van der Waals surface area contributed by atoms with Gasteiger partial charge in [-0.05, 0) is 109 Å². The van der Waals surface area contributed by atoms with E-state index in [0.717, 1.165) is 128 Å². The number of hydrogen-bond donors (Lipinski definition) is 0. The van der Waals surface area contributed by atoms with Crippen LogP contribution in [-0.2, 0) is 28.6 Å². The molecule has 0 saturated heterocycles. The number of hydrogen-bond acceptors (Lipinski definition) is 6. The monoisotopic (exact) mass is 1140 g/mol. The second-order valence-corrected chi connectivity index (χ2v) is 22.7. The van der Waals surface area contributed by atoms with Gasteiger partial charge in [-0.15, -0.1) is 0 Å². The molecule has 0 saturated carbocycles. The molecule has 0 aliphatic rings. The van der Waals surface area contributed by atoms with Crippen LogP contribution in [0.5, 0.6) is 0 Å². The van der Waals surface area contributed by atoms with Crippen LogP contribution in [0.3, 0.4) is 0 Å². The average Bonchev–Trinajstić information content (AvgIpc) is 3.47. The predicted octanol–water partition coefficient (Wildman–Crippen LogP) is 23.9. The molecule has 6 heteroatoms. The lowest BCUT2D eigenvalue weighted by atomic mass is 10.0. The maximum Gasteiger partial charge on any atom is 0.306 e. The van der Waals surface area contributed by atoms with Crippen molar-refractivity contribution in [2.24, 2.45) is 0 Å². The van der Waals surface area contributed by atoms with Gasteiger partial charge in [0.25, 0.3) is 0 Å². The third-order valence-electron chi connectivity index (χ3n) is 14.7. The molecule has 0 radical (unpaired) electrons. The van der Waals surface area contributed by atoms with Crippen molar-refractivity contribution >= 4 is 17.9 Å². The van der Waals surface area contributed by atoms with Crippen LogP contribution in [0.4, 0.5) is 0 Å². The summed E-state index contributed by atoms with van der Waals surface area (Å²) < 4.78 is 16.8. The Balaban J connectivity index is 4.05. The first-order valence-electron chi connectivity index (χ1n) is 34.5. The largest absolute Gasteiger partial charge is 0.462 e. The van der Waals surface area contributed by atoms with E-state index in [-0.39, 0.29) is 31.1 Å². The van der Waals surface area contributed by atoms with Crippen molar-refractivity contribution in [1.82, 2.24) is 0 Å². The van der Waals surface area contributed by atoms with Crippen LogP contribution in [0.1, 0.15) is 323 Å². The fourth-order valence-electron chi connectivity index (χ4n) is 9.62. The van der Waals surface area contributed by atoms with E-state index >= 15 is 0 Å². The van der Waals surface area contributed by atoms with E-state index in [4.69, 9.17) is 14.2 Å². The molecule has 468 valence electrons. The van der Waals surface area contributed by atoms with Gasteiger partial charge < -0.3 is 14.2 Å². The molecule has 1 unspecified atom stereocenters. The summed E-state index contributed by atoms with van der Waals surface area (Å²) in [4.78, 5) is 38.1. The van der Waals surface area contributed by atoms with Crippen LogP contribution in [0.15, 0.2) is 122 Å². The highest BCUT2D eigenvalue weighted by molar-refractivity contribution is 5.71. The molecular formula is C76H128O6. The summed E-state index contributed by atoms with van der Waals surface area (Å²) in [5.74, 6) is -0.889. The first kappa shape index (κ1) is 77.8. The maximum atomic E-state index is 12.9. The van der Waals surface area contributed by atoms with Gasteiger partial charge in [0.15, 0.2) is 6.10 Å². The van der Waals surface area contributed by atoms with E-state index < -0.39 is 6.10 Å². The third-order valence-corrected chi connectivity index (χ3v) is 14.7. The molecule has 0 aromatic carbocycles. The van der Waals surface area contributed by atoms with Crippen LogP contribution < -0.4 is 0 Å². The molecule has 0 N–H and O–H groups in total. The quantitative estimate of drug-likeness (QED) is 0.0261. The van der Waals surface area contributed by atoms with Gasteiger partial charge in [-0.1, -0.05) is 316 Å². The van der Waals surface area contributed by atoms with E-state index in [9.17, 15) is 14.4 Å². The van der Waals surface area contributed by atoms with Crippen LogP contribution in [-0.4, -0.2) is 37.2 Å². The van der Waals surface area contributed by atoms with Gasteiger partial charge in [0.2, 0.25) is 0 Å². The van der Waals surface area contributed by atoms with Crippen molar-refractivity contribution in [2.75, 3.05) is 13.2 Å². The minimum Gasteiger partial charge on any atom is -0.462 e. The molecular weight excluding hydrogens is 1010 g/mol. The number of allylic oxidation sites excluding steroid dienone is 20. The van der Waals surface area contributed by atoms with Gasteiger partial charge in [0, 0.05) is 19.3 Å². The highest BCUT2D eigenvalue weighted by Gasteiger charge is 2.19. The Kier molecular flexibility index (Phi) is 65.8. The van der Waals surface area contributed by atoms with E-state index in [0.29, 0.717) is 19.3 Å². The Bertz CT molecular complexity index is 1690. The van der Waals surface area contributed by atoms with Crippen molar-refractivity contribution in [3.8, 4) is 0 Å². The van der Waals surface area contributed by atoms with E-state index in [1.807, 2.05) is 0 Å². The zero-order valence-corrected chi connectivity index (χ0v) is 53.7. The van der Waals surface area contributed by atoms with Crippen LogP contribution in [0, 0.1) is 0 Å². The number of rotatable bonds is 62. The van der Waals surface area contributed by atoms with Crippen molar-refractivity contribution < 1.29 is 28.6 Å². The lowest BCUT2D eigenvalue weighted by Crippen LogP contribution is -2.30. The molecule has 0 heterocycles. The average molecular weight is 1140 g/mol. The highest BCUT2D eigenvalue weighted by Crippen LogP contribution is 2.17. The van der Waals surface area contributed by atoms with Crippen molar-refractivity contribution in [3.05, 3.63) is 122 Å². The summed E-state index contributed by atoms with van der Waals surface area (Å²) in [6.07, 6.45) is 96.9. The molecule has 0 spiro atoms. The van der Waals surface area contributed by atoms with Crippen LogP contribution in [0.25, 0.3) is 0 Å². The molecule has 0 bridgehead atoms. The molecule has 0 aliphatic heterocycles. The lowest BCUT2D eigenvalue weighted by molar-refractivity contribution is -0.167. The van der Waals surface area contributed by atoms with Gasteiger partial charge in [-0.25, -0.2) is 0 Å². The van der Waals surface area contributed by atoms with E-state index in [1.54, 1.807) is 0 Å². The molecule has 1 atom stereocenters. The fraction of sp³-hybridized carbons (Fsp3) is 0.697. The minimum absolute atomic E-state index is 0.0798. The predicted molar refractivity (Wildman–Crippen MR) is 357 cm³/mol. The second-order valence-electron chi connectivity index (χ2n) is 22.7. The van der Waals surface area contributed by atoms with Gasteiger partial charge in [0.1, 0.15) is 13.2 Å². The summed E-state index contributed by atoms with van der Waals surface area (Å²) in [5.41, 5.74) is 0. The Hall–Kier alpha value is -4.19. The van der Waals surface area contributed by atoms with E-state index in [1.165, 1.54) is 154 Å². The topological polar surface area (TPSA) is 78.9 Å². The molecule has 82 heavy (non-hydrogen) atoms. The fourth-order valence-corrected chi connectivity index (χ4v) is 9.62. The number of carbonyl (C=O) groups excluding carboxylic acids is 3. The third kappa shape index (κ3) is 66.6. The Morgan fingerprint density at radius 1 is 0.256 bits per heavy atom.